The summed E-state index contributed by atoms with van der Waals surface area (Å²) < 4.78 is 10.5. The minimum absolute atomic E-state index is 0. The lowest BCUT2D eigenvalue weighted by molar-refractivity contribution is -0.115. The minimum atomic E-state index is -0.0527. The van der Waals surface area contributed by atoms with E-state index in [2.05, 4.69) is 10.6 Å². The molecule has 0 aromatic heterocycles. The largest absolute Gasteiger partial charge is 0.493 e. The van der Waals surface area contributed by atoms with Gasteiger partial charge in [-0.05, 0) is 47.9 Å². The molecule has 128 valence electrons. The monoisotopic (exact) mass is 348 g/mol. The SMILES string of the molecule is COc1ccc(CC(=O)Nc2ccc3c(c2)CCN3)cc1OC.Cl. The van der Waals surface area contributed by atoms with E-state index in [-0.39, 0.29) is 24.7 Å². The number of nitrogens with one attached hydrogen (secondary N) is 2. The Morgan fingerprint density at radius 3 is 2.67 bits per heavy atom. The predicted octanol–water partition coefficient (Wildman–Crippen LogP) is 3.27. The molecule has 2 N–H and O–H groups in total. The molecule has 0 saturated heterocycles. The highest BCUT2D eigenvalue weighted by atomic mass is 35.5. The van der Waals surface area contributed by atoms with E-state index < -0.39 is 0 Å². The number of amides is 1. The van der Waals surface area contributed by atoms with E-state index in [4.69, 9.17) is 9.47 Å². The van der Waals surface area contributed by atoms with Crippen LogP contribution in [0.15, 0.2) is 36.4 Å². The van der Waals surface area contributed by atoms with Gasteiger partial charge < -0.3 is 20.1 Å². The fourth-order valence-corrected chi connectivity index (χ4v) is 2.76. The second-order valence-corrected chi connectivity index (χ2v) is 5.46. The van der Waals surface area contributed by atoms with Crippen LogP contribution in [-0.4, -0.2) is 26.7 Å². The molecule has 24 heavy (non-hydrogen) atoms. The first-order valence-electron chi connectivity index (χ1n) is 7.57. The number of carbonyl (C=O) groups is 1. The van der Waals surface area contributed by atoms with E-state index in [9.17, 15) is 4.79 Å². The minimum Gasteiger partial charge on any atom is -0.493 e. The van der Waals surface area contributed by atoms with E-state index in [0.717, 1.165) is 29.9 Å². The summed E-state index contributed by atoms with van der Waals surface area (Å²) >= 11 is 0. The smallest absolute Gasteiger partial charge is 0.228 e. The van der Waals surface area contributed by atoms with Crippen LogP contribution in [0.4, 0.5) is 11.4 Å². The van der Waals surface area contributed by atoms with Crippen LogP contribution < -0.4 is 20.1 Å². The maximum Gasteiger partial charge on any atom is 0.228 e. The molecule has 0 saturated carbocycles. The van der Waals surface area contributed by atoms with Gasteiger partial charge >= 0.3 is 0 Å². The highest BCUT2D eigenvalue weighted by Gasteiger charge is 2.12. The summed E-state index contributed by atoms with van der Waals surface area (Å²) in [5.74, 6) is 1.23. The zero-order chi connectivity index (χ0) is 16.2. The third-order valence-electron chi connectivity index (χ3n) is 3.91. The Morgan fingerprint density at radius 2 is 1.92 bits per heavy atom. The molecule has 2 aromatic rings. The molecular formula is C18H21ClN2O3. The van der Waals surface area contributed by atoms with Crippen LogP contribution in [0.1, 0.15) is 11.1 Å². The number of hydrogen-bond donors (Lipinski definition) is 2. The molecule has 3 rings (SSSR count). The van der Waals surface area contributed by atoms with Crippen molar-refractivity contribution in [3.8, 4) is 11.5 Å². The summed E-state index contributed by atoms with van der Waals surface area (Å²) in [4.78, 5) is 12.2. The second-order valence-electron chi connectivity index (χ2n) is 5.46. The average molecular weight is 349 g/mol. The van der Waals surface area contributed by atoms with E-state index >= 15 is 0 Å². The molecule has 2 aromatic carbocycles. The van der Waals surface area contributed by atoms with Crippen molar-refractivity contribution in [1.29, 1.82) is 0 Å². The van der Waals surface area contributed by atoms with E-state index in [1.165, 1.54) is 5.56 Å². The fourth-order valence-electron chi connectivity index (χ4n) is 2.76. The third kappa shape index (κ3) is 3.92. The molecule has 1 aliphatic heterocycles. The molecule has 5 nitrogen and oxygen atoms in total. The van der Waals surface area contributed by atoms with Crippen molar-refractivity contribution in [2.45, 2.75) is 12.8 Å². The van der Waals surface area contributed by atoms with E-state index in [1.54, 1.807) is 14.2 Å². The number of carbonyl (C=O) groups excluding carboxylic acids is 1. The second kappa shape index (κ2) is 7.93. The molecule has 1 heterocycles. The van der Waals surface area contributed by atoms with Crippen molar-refractivity contribution in [2.24, 2.45) is 0 Å². The molecule has 0 aliphatic carbocycles. The van der Waals surface area contributed by atoms with Crippen LogP contribution in [0.25, 0.3) is 0 Å². The number of methoxy groups -OCH3 is 2. The highest BCUT2D eigenvalue weighted by molar-refractivity contribution is 5.92. The first kappa shape index (κ1) is 17.9. The lowest BCUT2D eigenvalue weighted by atomic mass is 10.1. The Labute approximate surface area is 147 Å². The summed E-state index contributed by atoms with van der Waals surface area (Å²) in [5, 5.41) is 6.25. The summed E-state index contributed by atoms with van der Waals surface area (Å²) in [6.45, 7) is 0.957. The first-order valence-corrected chi connectivity index (χ1v) is 7.57. The third-order valence-corrected chi connectivity index (χ3v) is 3.91. The van der Waals surface area contributed by atoms with Gasteiger partial charge in [0.25, 0.3) is 0 Å². The van der Waals surface area contributed by atoms with Crippen molar-refractivity contribution in [2.75, 3.05) is 31.4 Å². The molecule has 1 amide bonds. The van der Waals surface area contributed by atoms with Crippen LogP contribution in [0.2, 0.25) is 0 Å². The molecule has 0 bridgehead atoms. The first-order chi connectivity index (χ1) is 11.2. The Morgan fingerprint density at radius 1 is 1.12 bits per heavy atom. The molecule has 1 aliphatic rings. The lowest BCUT2D eigenvalue weighted by Gasteiger charge is -2.10. The zero-order valence-electron chi connectivity index (χ0n) is 13.7. The number of hydrogen-bond acceptors (Lipinski definition) is 4. The van der Waals surface area contributed by atoms with Gasteiger partial charge in [-0.1, -0.05) is 6.07 Å². The van der Waals surface area contributed by atoms with Gasteiger partial charge in [0.2, 0.25) is 5.91 Å². The molecule has 0 spiro atoms. The van der Waals surface area contributed by atoms with Crippen molar-refractivity contribution < 1.29 is 14.3 Å². The molecule has 0 radical (unpaired) electrons. The summed E-state index contributed by atoms with van der Waals surface area (Å²) in [5.41, 5.74) is 4.11. The number of benzene rings is 2. The summed E-state index contributed by atoms with van der Waals surface area (Å²) in [6, 6.07) is 11.5. The van der Waals surface area contributed by atoms with Crippen molar-refractivity contribution in [3.05, 3.63) is 47.5 Å². The Hall–Kier alpha value is -2.40. The van der Waals surface area contributed by atoms with Crippen molar-refractivity contribution in [3.63, 3.8) is 0 Å². The Kier molecular flexibility index (Phi) is 5.93. The fraction of sp³-hybridized carbons (Fsp3) is 0.278. The van der Waals surface area contributed by atoms with E-state index in [0.29, 0.717) is 11.5 Å². The highest BCUT2D eigenvalue weighted by Crippen LogP contribution is 2.28. The predicted molar refractivity (Wildman–Crippen MR) is 97.8 cm³/mol. The molecular weight excluding hydrogens is 328 g/mol. The zero-order valence-corrected chi connectivity index (χ0v) is 14.5. The van der Waals surface area contributed by atoms with Crippen LogP contribution in [-0.2, 0) is 17.6 Å². The number of ether oxygens (including phenoxy) is 2. The normalized spacial score (nSPS) is 11.8. The summed E-state index contributed by atoms with van der Waals surface area (Å²) in [7, 11) is 3.17. The molecule has 0 atom stereocenters. The lowest BCUT2D eigenvalue weighted by Crippen LogP contribution is -2.14. The van der Waals surface area contributed by atoms with Gasteiger partial charge in [-0.25, -0.2) is 0 Å². The van der Waals surface area contributed by atoms with Gasteiger partial charge in [-0.3, -0.25) is 4.79 Å². The van der Waals surface area contributed by atoms with Gasteiger partial charge in [-0.15, -0.1) is 12.4 Å². The number of anilines is 2. The van der Waals surface area contributed by atoms with Gasteiger partial charge in [0, 0.05) is 17.9 Å². The topological polar surface area (TPSA) is 59.6 Å². The average Bonchev–Trinajstić information content (AvgIpc) is 3.02. The van der Waals surface area contributed by atoms with Gasteiger partial charge in [0.15, 0.2) is 11.5 Å². The van der Waals surface area contributed by atoms with Gasteiger partial charge in [0.1, 0.15) is 0 Å². The number of rotatable bonds is 5. The molecule has 6 heteroatoms. The van der Waals surface area contributed by atoms with E-state index in [1.807, 2.05) is 36.4 Å². The summed E-state index contributed by atoms with van der Waals surface area (Å²) in [6.07, 6.45) is 1.28. The van der Waals surface area contributed by atoms with Crippen LogP contribution in [0, 0.1) is 0 Å². The number of halogens is 1. The van der Waals surface area contributed by atoms with Crippen LogP contribution >= 0.6 is 12.4 Å². The van der Waals surface area contributed by atoms with Crippen LogP contribution in [0.5, 0.6) is 11.5 Å². The molecule has 0 unspecified atom stereocenters. The Balaban J connectivity index is 0.00000208. The van der Waals surface area contributed by atoms with Crippen molar-refractivity contribution >= 4 is 29.7 Å². The van der Waals surface area contributed by atoms with Crippen molar-refractivity contribution in [1.82, 2.24) is 0 Å². The maximum absolute atomic E-state index is 12.2. The van der Waals surface area contributed by atoms with Gasteiger partial charge in [0.05, 0.1) is 20.6 Å². The molecule has 0 fully saturated rings. The standard InChI is InChI=1S/C18H20N2O3.ClH/c1-22-16-6-3-12(9-17(16)23-2)10-18(21)20-14-4-5-15-13(11-14)7-8-19-15;/h3-6,9,11,19H,7-8,10H2,1-2H3,(H,20,21);1H. The quantitative estimate of drug-likeness (QED) is 0.870. The van der Waals surface area contributed by atoms with Gasteiger partial charge in [-0.2, -0.15) is 0 Å². The Bertz CT molecular complexity index is 734. The maximum atomic E-state index is 12.2. The van der Waals surface area contributed by atoms with Crippen LogP contribution in [0.3, 0.4) is 0 Å². The number of fused-ring (bicyclic) bond motifs is 1.